The first-order valence-electron chi connectivity index (χ1n) is 10.8. The fraction of sp³-hybridized carbons (Fsp3) is 0.192. The summed E-state index contributed by atoms with van der Waals surface area (Å²) >= 11 is 7.33. The van der Waals surface area contributed by atoms with Gasteiger partial charge in [0.05, 0.1) is 11.4 Å². The summed E-state index contributed by atoms with van der Waals surface area (Å²) in [4.78, 5) is 41.8. The van der Waals surface area contributed by atoms with Crippen LogP contribution in [0.1, 0.15) is 16.7 Å². The smallest absolute Gasteiger partial charge is 0.269 e. The molecule has 5 rings (SSSR count). The minimum atomic E-state index is -1.26. The molecule has 3 aromatic carbocycles. The van der Waals surface area contributed by atoms with Crippen molar-refractivity contribution in [3.05, 3.63) is 88.4 Å². The van der Waals surface area contributed by atoms with Gasteiger partial charge in [-0.05, 0) is 55.8 Å². The summed E-state index contributed by atoms with van der Waals surface area (Å²) in [5.41, 5.74) is 4.67. The number of fused-ring (bicyclic) bond motifs is 2. The van der Waals surface area contributed by atoms with Crippen molar-refractivity contribution in [1.82, 2.24) is 0 Å². The number of carbonyl (C=O) groups excluding carboxylic acids is 3. The molecule has 0 unspecified atom stereocenters. The van der Waals surface area contributed by atoms with E-state index < -0.39 is 4.87 Å². The van der Waals surface area contributed by atoms with E-state index in [2.05, 4.69) is 5.32 Å². The summed E-state index contributed by atoms with van der Waals surface area (Å²) in [5.74, 6) is -0.627. The predicted molar refractivity (Wildman–Crippen MR) is 136 cm³/mol. The van der Waals surface area contributed by atoms with E-state index in [1.54, 1.807) is 24.3 Å². The van der Waals surface area contributed by atoms with Gasteiger partial charge < -0.3 is 5.32 Å². The second-order valence-electron chi connectivity index (χ2n) is 8.41. The number of amides is 3. The summed E-state index contributed by atoms with van der Waals surface area (Å²) in [7, 11) is 0. The van der Waals surface area contributed by atoms with Gasteiger partial charge >= 0.3 is 0 Å². The van der Waals surface area contributed by atoms with Gasteiger partial charge in [-0.15, -0.1) is 11.8 Å². The van der Waals surface area contributed by atoms with Crippen LogP contribution < -0.4 is 15.1 Å². The molecule has 0 radical (unpaired) electrons. The molecule has 34 heavy (non-hydrogen) atoms. The van der Waals surface area contributed by atoms with Crippen molar-refractivity contribution in [1.29, 1.82) is 0 Å². The molecule has 1 fully saturated rings. The maximum Gasteiger partial charge on any atom is 0.269 e. The van der Waals surface area contributed by atoms with E-state index in [1.165, 1.54) is 21.6 Å². The monoisotopic (exact) mass is 491 g/mol. The van der Waals surface area contributed by atoms with Crippen molar-refractivity contribution in [3.8, 4) is 0 Å². The van der Waals surface area contributed by atoms with Crippen molar-refractivity contribution in [3.63, 3.8) is 0 Å². The molecule has 0 saturated carbocycles. The third kappa shape index (κ3) is 3.56. The number of thioether (sulfide) groups is 1. The number of aryl methyl sites for hydroxylation is 2. The minimum Gasteiger partial charge on any atom is -0.324 e. The topological polar surface area (TPSA) is 69.7 Å². The van der Waals surface area contributed by atoms with Gasteiger partial charge in [0.15, 0.2) is 0 Å². The Bertz CT molecular complexity index is 1330. The largest absolute Gasteiger partial charge is 0.324 e. The zero-order valence-corrected chi connectivity index (χ0v) is 20.2. The summed E-state index contributed by atoms with van der Waals surface area (Å²) in [5, 5.41) is 3.46. The van der Waals surface area contributed by atoms with Gasteiger partial charge in [-0.3, -0.25) is 24.2 Å². The summed E-state index contributed by atoms with van der Waals surface area (Å²) < 4.78 is 0. The molecule has 3 aromatic rings. The van der Waals surface area contributed by atoms with Crippen molar-refractivity contribution < 1.29 is 14.4 Å². The fourth-order valence-corrected chi connectivity index (χ4v) is 6.08. The lowest BCUT2D eigenvalue weighted by atomic mass is 10.0. The quantitative estimate of drug-likeness (QED) is 0.565. The maximum absolute atomic E-state index is 14.0. The zero-order chi connectivity index (χ0) is 24.0. The molecule has 172 valence electrons. The van der Waals surface area contributed by atoms with Crippen molar-refractivity contribution in [2.75, 3.05) is 27.4 Å². The fourth-order valence-electron chi connectivity index (χ4n) is 4.59. The van der Waals surface area contributed by atoms with Gasteiger partial charge in [-0.1, -0.05) is 47.5 Å². The highest BCUT2D eigenvalue weighted by Gasteiger charge is 2.61. The van der Waals surface area contributed by atoms with Gasteiger partial charge in [0.25, 0.3) is 5.91 Å². The highest BCUT2D eigenvalue weighted by Crippen LogP contribution is 2.55. The van der Waals surface area contributed by atoms with Gasteiger partial charge in [-0.25, -0.2) is 0 Å². The first-order valence-corrected chi connectivity index (χ1v) is 12.2. The van der Waals surface area contributed by atoms with Crippen LogP contribution in [0.5, 0.6) is 0 Å². The van der Waals surface area contributed by atoms with Crippen LogP contribution in [0.15, 0.2) is 66.7 Å². The van der Waals surface area contributed by atoms with E-state index in [1.807, 2.05) is 56.3 Å². The second-order valence-corrected chi connectivity index (χ2v) is 10.0. The van der Waals surface area contributed by atoms with Crippen LogP contribution >= 0.6 is 23.4 Å². The molecule has 2 aliphatic rings. The predicted octanol–water partition coefficient (Wildman–Crippen LogP) is 4.87. The molecule has 8 heteroatoms. The van der Waals surface area contributed by atoms with Gasteiger partial charge in [0.1, 0.15) is 6.54 Å². The summed E-state index contributed by atoms with van der Waals surface area (Å²) in [6.45, 7) is 3.76. The number of hydrogen-bond donors (Lipinski definition) is 1. The molecule has 1 saturated heterocycles. The number of nitrogens with zero attached hydrogens (tertiary/aromatic N) is 2. The highest BCUT2D eigenvalue weighted by molar-refractivity contribution is 8.02. The number of rotatable bonds is 4. The molecular formula is C26H22ClN3O3S. The normalized spacial score (nSPS) is 19.1. The molecule has 6 nitrogen and oxygen atoms in total. The second kappa shape index (κ2) is 8.49. The lowest BCUT2D eigenvalue weighted by Gasteiger charge is -2.33. The Morgan fingerprint density at radius 2 is 1.79 bits per heavy atom. The average molecular weight is 492 g/mol. The Kier molecular flexibility index (Phi) is 5.62. The summed E-state index contributed by atoms with van der Waals surface area (Å²) in [6.07, 6.45) is 0. The molecule has 3 amide bonds. The molecular weight excluding hydrogens is 470 g/mol. The van der Waals surface area contributed by atoms with E-state index >= 15 is 0 Å². The van der Waals surface area contributed by atoms with Crippen LogP contribution in [0.25, 0.3) is 0 Å². The van der Waals surface area contributed by atoms with Crippen LogP contribution in [0.2, 0.25) is 5.02 Å². The SMILES string of the molecule is Cc1ccc(NC(=O)CN2C(=O)[C@]3(SCC(=O)N3c3ccc(Cl)cc3)c3ccccc32)c(C)c1. The van der Waals surface area contributed by atoms with Crippen molar-refractivity contribution >= 4 is 58.1 Å². The average Bonchev–Trinajstić information content (AvgIpc) is 3.27. The first-order chi connectivity index (χ1) is 16.3. The Labute approximate surface area is 206 Å². The van der Waals surface area contributed by atoms with E-state index in [0.29, 0.717) is 27.6 Å². The van der Waals surface area contributed by atoms with E-state index in [0.717, 1.165) is 11.1 Å². The molecule has 2 aliphatic heterocycles. The molecule has 1 N–H and O–H groups in total. The van der Waals surface area contributed by atoms with Crippen LogP contribution in [-0.2, 0) is 19.3 Å². The molecule has 0 aliphatic carbocycles. The van der Waals surface area contributed by atoms with Crippen molar-refractivity contribution in [2.24, 2.45) is 0 Å². The third-order valence-electron chi connectivity index (χ3n) is 6.11. The summed E-state index contributed by atoms with van der Waals surface area (Å²) in [6, 6.07) is 20.0. The van der Waals surface area contributed by atoms with Gasteiger partial charge in [0, 0.05) is 22.0 Å². The van der Waals surface area contributed by atoms with Crippen LogP contribution in [0, 0.1) is 13.8 Å². The van der Waals surface area contributed by atoms with E-state index in [-0.39, 0.29) is 30.0 Å². The lowest BCUT2D eigenvalue weighted by molar-refractivity contribution is -0.124. The van der Waals surface area contributed by atoms with E-state index in [4.69, 9.17) is 11.6 Å². The number of para-hydroxylation sites is 1. The lowest BCUT2D eigenvalue weighted by Crippen LogP contribution is -2.50. The Balaban J connectivity index is 1.50. The molecule has 0 bridgehead atoms. The molecule has 1 spiro atoms. The highest BCUT2D eigenvalue weighted by atomic mass is 35.5. The Morgan fingerprint density at radius 1 is 1.06 bits per heavy atom. The van der Waals surface area contributed by atoms with E-state index in [9.17, 15) is 14.4 Å². The van der Waals surface area contributed by atoms with Crippen LogP contribution in [0.3, 0.4) is 0 Å². The zero-order valence-electron chi connectivity index (χ0n) is 18.7. The number of benzene rings is 3. The number of hydrogen-bond acceptors (Lipinski definition) is 4. The number of nitrogens with one attached hydrogen (secondary N) is 1. The Morgan fingerprint density at radius 3 is 2.53 bits per heavy atom. The van der Waals surface area contributed by atoms with Crippen molar-refractivity contribution in [2.45, 2.75) is 18.7 Å². The van der Waals surface area contributed by atoms with Crippen LogP contribution in [0.4, 0.5) is 17.1 Å². The van der Waals surface area contributed by atoms with Gasteiger partial charge in [-0.2, -0.15) is 0 Å². The first kappa shape index (κ1) is 22.5. The van der Waals surface area contributed by atoms with Gasteiger partial charge in [0.2, 0.25) is 16.7 Å². The maximum atomic E-state index is 14.0. The standard InChI is InChI=1S/C26H22ClN3O3S/c1-16-7-12-21(17(2)13-16)28-23(31)14-29-22-6-4-3-5-20(22)26(25(29)33)30(24(32)15-34-26)19-10-8-18(27)9-11-19/h3-13H,14-15H2,1-2H3,(H,28,31)/t26-/m1/s1. The number of carbonyl (C=O) groups is 3. The molecule has 1 atom stereocenters. The third-order valence-corrected chi connectivity index (χ3v) is 7.74. The number of halogens is 1. The van der Waals surface area contributed by atoms with Crippen LogP contribution in [-0.4, -0.2) is 30.0 Å². The minimum absolute atomic E-state index is 0.158. The number of anilines is 3. The molecule has 0 aromatic heterocycles. The Hall–Kier alpha value is -3.29. The molecule has 2 heterocycles.